The number of hydrogen-bond donors (Lipinski definition) is 1. The molecular formula is C25H21NO4. The second-order valence-corrected chi connectivity index (χ2v) is 6.74. The van der Waals surface area contributed by atoms with Gasteiger partial charge < -0.3 is 14.6 Å². The van der Waals surface area contributed by atoms with Crippen LogP contribution in [0.3, 0.4) is 0 Å². The van der Waals surface area contributed by atoms with Gasteiger partial charge in [-0.2, -0.15) is 5.26 Å². The van der Waals surface area contributed by atoms with Crippen molar-refractivity contribution in [3.63, 3.8) is 0 Å². The first-order valence-electron chi connectivity index (χ1n) is 9.32. The maximum absolute atomic E-state index is 11.1. The summed E-state index contributed by atoms with van der Waals surface area (Å²) in [5.41, 5.74) is 4.30. The number of carbonyl (C=O) groups is 1. The first-order valence-corrected chi connectivity index (χ1v) is 9.32. The van der Waals surface area contributed by atoms with Gasteiger partial charge in [-0.3, -0.25) is 0 Å². The van der Waals surface area contributed by atoms with Gasteiger partial charge in [0.1, 0.15) is 6.61 Å². The summed E-state index contributed by atoms with van der Waals surface area (Å²) >= 11 is 0. The highest BCUT2D eigenvalue weighted by Crippen LogP contribution is 2.30. The SMILES string of the molecule is COc1cc(/C=C(/C#N)c2ccc(C)cc2)ccc1OCc1cccc(C(=O)O)c1. The molecule has 3 aromatic carbocycles. The van der Waals surface area contributed by atoms with Crippen molar-refractivity contribution in [2.75, 3.05) is 7.11 Å². The molecule has 0 aromatic heterocycles. The Hall–Kier alpha value is -4.04. The minimum Gasteiger partial charge on any atom is -0.493 e. The number of benzene rings is 3. The van der Waals surface area contributed by atoms with Crippen LogP contribution in [-0.4, -0.2) is 18.2 Å². The number of rotatable bonds is 7. The first-order chi connectivity index (χ1) is 14.5. The minimum absolute atomic E-state index is 0.208. The molecule has 0 aliphatic heterocycles. The molecule has 0 radical (unpaired) electrons. The summed E-state index contributed by atoms with van der Waals surface area (Å²) in [6.07, 6.45) is 1.80. The van der Waals surface area contributed by atoms with Crippen LogP contribution in [0.25, 0.3) is 11.6 Å². The fraction of sp³-hybridized carbons (Fsp3) is 0.120. The van der Waals surface area contributed by atoms with Crippen molar-refractivity contribution in [1.82, 2.24) is 0 Å². The zero-order valence-corrected chi connectivity index (χ0v) is 16.8. The molecule has 0 spiro atoms. The predicted molar refractivity (Wildman–Crippen MR) is 115 cm³/mol. The Balaban J connectivity index is 1.81. The van der Waals surface area contributed by atoms with Crippen molar-refractivity contribution in [3.8, 4) is 17.6 Å². The van der Waals surface area contributed by atoms with Gasteiger partial charge in [0.15, 0.2) is 11.5 Å². The number of aromatic carboxylic acids is 1. The monoisotopic (exact) mass is 399 g/mol. The van der Waals surface area contributed by atoms with E-state index in [0.29, 0.717) is 17.1 Å². The van der Waals surface area contributed by atoms with Crippen LogP contribution in [0, 0.1) is 18.3 Å². The van der Waals surface area contributed by atoms with Crippen LogP contribution < -0.4 is 9.47 Å². The van der Waals surface area contributed by atoms with Crippen LogP contribution in [0.4, 0.5) is 0 Å². The molecule has 5 nitrogen and oxygen atoms in total. The third-order valence-electron chi connectivity index (χ3n) is 4.55. The number of aryl methyl sites for hydroxylation is 1. The van der Waals surface area contributed by atoms with Crippen molar-refractivity contribution in [2.45, 2.75) is 13.5 Å². The topological polar surface area (TPSA) is 79.5 Å². The van der Waals surface area contributed by atoms with Crippen LogP contribution in [-0.2, 0) is 6.61 Å². The Morgan fingerprint density at radius 3 is 2.47 bits per heavy atom. The largest absolute Gasteiger partial charge is 0.493 e. The lowest BCUT2D eigenvalue weighted by molar-refractivity contribution is 0.0696. The maximum Gasteiger partial charge on any atom is 0.335 e. The highest BCUT2D eigenvalue weighted by molar-refractivity contribution is 5.90. The Kier molecular flexibility index (Phi) is 6.51. The van der Waals surface area contributed by atoms with Gasteiger partial charge >= 0.3 is 5.97 Å². The zero-order chi connectivity index (χ0) is 21.5. The summed E-state index contributed by atoms with van der Waals surface area (Å²) in [5.74, 6) is 0.0796. The summed E-state index contributed by atoms with van der Waals surface area (Å²) in [5, 5.41) is 18.7. The van der Waals surface area contributed by atoms with E-state index in [0.717, 1.165) is 22.3 Å². The summed E-state index contributed by atoms with van der Waals surface area (Å²) in [7, 11) is 1.55. The molecular weight excluding hydrogens is 378 g/mol. The number of nitrogens with zero attached hydrogens (tertiary/aromatic N) is 1. The zero-order valence-electron chi connectivity index (χ0n) is 16.8. The van der Waals surface area contributed by atoms with Gasteiger partial charge in [0, 0.05) is 0 Å². The van der Waals surface area contributed by atoms with E-state index in [-0.39, 0.29) is 12.2 Å². The Labute approximate surface area is 175 Å². The average molecular weight is 399 g/mol. The molecule has 0 aliphatic carbocycles. The third kappa shape index (κ3) is 5.06. The molecule has 0 unspecified atom stereocenters. The Morgan fingerprint density at radius 1 is 1.03 bits per heavy atom. The summed E-state index contributed by atoms with van der Waals surface area (Å²) in [6.45, 7) is 2.21. The van der Waals surface area contributed by atoms with E-state index in [9.17, 15) is 10.1 Å². The molecule has 0 heterocycles. The fourth-order valence-corrected chi connectivity index (χ4v) is 2.93. The highest BCUT2D eigenvalue weighted by atomic mass is 16.5. The molecule has 0 saturated heterocycles. The van der Waals surface area contributed by atoms with Crippen molar-refractivity contribution in [1.29, 1.82) is 5.26 Å². The third-order valence-corrected chi connectivity index (χ3v) is 4.55. The van der Waals surface area contributed by atoms with E-state index in [2.05, 4.69) is 6.07 Å². The minimum atomic E-state index is -0.979. The van der Waals surface area contributed by atoms with E-state index in [1.165, 1.54) is 6.07 Å². The number of carboxylic acid groups (broad SMARTS) is 1. The molecule has 1 N–H and O–H groups in total. The van der Waals surface area contributed by atoms with Crippen molar-refractivity contribution in [2.24, 2.45) is 0 Å². The molecule has 0 bridgehead atoms. The number of hydrogen-bond acceptors (Lipinski definition) is 4. The lowest BCUT2D eigenvalue weighted by Crippen LogP contribution is -2.01. The highest BCUT2D eigenvalue weighted by Gasteiger charge is 2.09. The molecule has 0 saturated carbocycles. The van der Waals surface area contributed by atoms with Gasteiger partial charge in [-0.25, -0.2) is 4.79 Å². The fourth-order valence-electron chi connectivity index (χ4n) is 2.93. The van der Waals surface area contributed by atoms with E-state index in [1.807, 2.05) is 37.3 Å². The number of carboxylic acids is 1. The van der Waals surface area contributed by atoms with Crippen molar-refractivity contribution < 1.29 is 19.4 Å². The summed E-state index contributed by atoms with van der Waals surface area (Å²) < 4.78 is 11.3. The summed E-state index contributed by atoms with van der Waals surface area (Å²) in [4.78, 5) is 11.1. The van der Waals surface area contributed by atoms with Crippen LogP contribution in [0.2, 0.25) is 0 Å². The molecule has 5 heteroatoms. The van der Waals surface area contributed by atoms with Gasteiger partial charge in [0.05, 0.1) is 24.3 Å². The molecule has 0 atom stereocenters. The van der Waals surface area contributed by atoms with E-state index in [1.54, 1.807) is 43.5 Å². The van der Waals surface area contributed by atoms with Gasteiger partial charge in [-0.05, 0) is 54.0 Å². The van der Waals surface area contributed by atoms with Crippen LogP contribution in [0.1, 0.15) is 32.6 Å². The van der Waals surface area contributed by atoms with Crippen LogP contribution in [0.5, 0.6) is 11.5 Å². The molecule has 0 amide bonds. The van der Waals surface area contributed by atoms with Crippen LogP contribution in [0.15, 0.2) is 66.7 Å². The smallest absolute Gasteiger partial charge is 0.335 e. The van der Waals surface area contributed by atoms with Crippen molar-refractivity contribution in [3.05, 3.63) is 94.5 Å². The lowest BCUT2D eigenvalue weighted by Gasteiger charge is -2.12. The van der Waals surface area contributed by atoms with E-state index < -0.39 is 5.97 Å². The quantitative estimate of drug-likeness (QED) is 0.428. The van der Waals surface area contributed by atoms with Crippen molar-refractivity contribution >= 4 is 17.6 Å². The first kappa shape index (κ1) is 20.7. The van der Waals surface area contributed by atoms with E-state index >= 15 is 0 Å². The molecule has 0 aliphatic rings. The Bertz CT molecular complexity index is 1120. The van der Waals surface area contributed by atoms with Gasteiger partial charge in [-0.15, -0.1) is 0 Å². The second-order valence-electron chi connectivity index (χ2n) is 6.74. The van der Waals surface area contributed by atoms with Gasteiger partial charge in [0.2, 0.25) is 0 Å². The number of methoxy groups -OCH3 is 1. The number of nitriles is 1. The van der Waals surface area contributed by atoms with Gasteiger partial charge in [-0.1, -0.05) is 48.0 Å². The predicted octanol–water partition coefficient (Wildman–Crippen LogP) is 5.35. The maximum atomic E-state index is 11.1. The molecule has 0 fully saturated rings. The molecule has 150 valence electrons. The Morgan fingerprint density at radius 2 is 1.80 bits per heavy atom. The standard InChI is InChI=1S/C25H21NO4/c1-17-6-9-20(10-7-17)22(15-26)12-18-8-11-23(24(14-18)29-2)30-16-19-4-3-5-21(13-19)25(27)28/h3-14H,16H2,1-2H3,(H,27,28)/b22-12-. The lowest BCUT2D eigenvalue weighted by atomic mass is 10.0. The summed E-state index contributed by atoms with van der Waals surface area (Å²) in [6, 6.07) is 22.0. The average Bonchev–Trinajstić information content (AvgIpc) is 2.77. The second kappa shape index (κ2) is 9.44. The normalized spacial score (nSPS) is 10.9. The van der Waals surface area contributed by atoms with Crippen LogP contribution >= 0.6 is 0 Å². The number of allylic oxidation sites excluding steroid dienone is 1. The molecule has 3 rings (SSSR count). The van der Waals surface area contributed by atoms with Gasteiger partial charge in [0.25, 0.3) is 0 Å². The number of ether oxygens (including phenoxy) is 2. The van der Waals surface area contributed by atoms with E-state index in [4.69, 9.17) is 14.6 Å². The molecule has 30 heavy (non-hydrogen) atoms. The molecule has 3 aromatic rings.